The average Bonchev–Trinajstić information content (AvgIpc) is 2.88. The maximum atomic E-state index is 12.1. The van der Waals surface area contributed by atoms with Crippen molar-refractivity contribution < 1.29 is 9.21 Å². The Labute approximate surface area is 112 Å². The quantitative estimate of drug-likeness (QED) is 0.866. The molecule has 2 aromatic heterocycles. The predicted molar refractivity (Wildman–Crippen MR) is 71.3 cm³/mol. The number of furan rings is 1. The molecule has 0 aliphatic carbocycles. The summed E-state index contributed by atoms with van der Waals surface area (Å²) in [4.78, 5) is 14.6. The molecule has 0 spiro atoms. The summed E-state index contributed by atoms with van der Waals surface area (Å²) in [5.74, 6) is 0.877. The van der Waals surface area contributed by atoms with Crippen molar-refractivity contribution in [3.8, 4) is 0 Å². The van der Waals surface area contributed by atoms with E-state index in [1.807, 2.05) is 24.4 Å². The van der Waals surface area contributed by atoms with E-state index in [2.05, 4.69) is 15.9 Å². The molecule has 0 aliphatic rings. The number of aryl methyl sites for hydroxylation is 1. The summed E-state index contributed by atoms with van der Waals surface area (Å²) >= 11 is 4.81. The molecule has 2 aromatic rings. The van der Waals surface area contributed by atoms with Gasteiger partial charge in [-0.1, -0.05) is 0 Å². The van der Waals surface area contributed by atoms with E-state index in [9.17, 15) is 4.79 Å². The minimum absolute atomic E-state index is 0.0208. The Kier molecular flexibility index (Phi) is 3.69. The van der Waals surface area contributed by atoms with Gasteiger partial charge < -0.3 is 9.32 Å². The maximum absolute atomic E-state index is 12.1. The van der Waals surface area contributed by atoms with E-state index < -0.39 is 0 Å². The molecule has 0 aliphatic heterocycles. The largest absolute Gasteiger partial charge is 0.469 e. The summed E-state index contributed by atoms with van der Waals surface area (Å²) < 4.78 is 6.07. The van der Waals surface area contributed by atoms with Gasteiger partial charge in [0, 0.05) is 23.6 Å². The molecule has 0 atom stereocenters. The fourth-order valence-electron chi connectivity index (χ4n) is 1.52. The van der Waals surface area contributed by atoms with Crippen LogP contribution in [0.25, 0.3) is 0 Å². The van der Waals surface area contributed by atoms with Crippen molar-refractivity contribution in [1.82, 2.24) is 4.90 Å². The molecule has 0 fully saturated rings. The highest BCUT2D eigenvalue weighted by Crippen LogP contribution is 2.24. The summed E-state index contributed by atoms with van der Waals surface area (Å²) in [7, 11) is 1.79. The third-order valence-corrected chi connectivity index (χ3v) is 4.36. The van der Waals surface area contributed by atoms with E-state index in [-0.39, 0.29) is 5.91 Å². The number of hydrogen-bond donors (Lipinski definition) is 0. The molecule has 0 N–H and O–H groups in total. The van der Waals surface area contributed by atoms with Crippen molar-refractivity contribution in [2.75, 3.05) is 7.05 Å². The highest BCUT2D eigenvalue weighted by Gasteiger charge is 2.17. The molecule has 5 heteroatoms. The van der Waals surface area contributed by atoms with Crippen LogP contribution in [0.3, 0.4) is 0 Å². The highest BCUT2D eigenvalue weighted by molar-refractivity contribution is 9.10. The molecule has 2 heterocycles. The van der Waals surface area contributed by atoms with Crippen molar-refractivity contribution in [3.05, 3.63) is 44.4 Å². The Morgan fingerprint density at radius 1 is 1.53 bits per heavy atom. The van der Waals surface area contributed by atoms with Gasteiger partial charge in [0.15, 0.2) is 0 Å². The summed E-state index contributed by atoms with van der Waals surface area (Å²) in [6.45, 7) is 2.46. The zero-order valence-corrected chi connectivity index (χ0v) is 12.0. The zero-order valence-electron chi connectivity index (χ0n) is 9.57. The smallest absolute Gasteiger partial charge is 0.265 e. The van der Waals surface area contributed by atoms with Gasteiger partial charge in [-0.05, 0) is 40.4 Å². The lowest BCUT2D eigenvalue weighted by molar-refractivity contribution is 0.0788. The second-order valence-corrected chi connectivity index (χ2v) is 5.53. The maximum Gasteiger partial charge on any atom is 0.265 e. The summed E-state index contributed by atoms with van der Waals surface area (Å²) in [6, 6.07) is 3.78. The van der Waals surface area contributed by atoms with Crippen molar-refractivity contribution in [1.29, 1.82) is 0 Å². The van der Waals surface area contributed by atoms with Crippen molar-refractivity contribution >= 4 is 33.2 Å². The lowest BCUT2D eigenvalue weighted by Gasteiger charge is -2.16. The molecule has 0 saturated carbocycles. The van der Waals surface area contributed by atoms with E-state index in [4.69, 9.17) is 4.42 Å². The second kappa shape index (κ2) is 5.06. The summed E-state index contributed by atoms with van der Waals surface area (Å²) in [6.07, 6.45) is 1.64. The number of nitrogens with zero attached hydrogens (tertiary/aromatic N) is 1. The van der Waals surface area contributed by atoms with Gasteiger partial charge in [-0.25, -0.2) is 0 Å². The van der Waals surface area contributed by atoms with E-state index in [1.165, 1.54) is 11.3 Å². The zero-order chi connectivity index (χ0) is 12.4. The van der Waals surface area contributed by atoms with Gasteiger partial charge in [0.1, 0.15) is 10.6 Å². The van der Waals surface area contributed by atoms with Crippen LogP contribution < -0.4 is 0 Å². The molecule has 2 rings (SSSR count). The minimum atomic E-state index is 0.0208. The first-order chi connectivity index (χ1) is 8.09. The highest BCUT2D eigenvalue weighted by atomic mass is 79.9. The van der Waals surface area contributed by atoms with Gasteiger partial charge in [-0.15, -0.1) is 11.3 Å². The Bertz CT molecular complexity index is 532. The Morgan fingerprint density at radius 2 is 2.29 bits per heavy atom. The molecule has 3 nitrogen and oxygen atoms in total. The van der Waals surface area contributed by atoms with Crippen LogP contribution in [0.15, 0.2) is 32.7 Å². The Hall–Kier alpha value is -1.07. The van der Waals surface area contributed by atoms with Crippen molar-refractivity contribution in [2.24, 2.45) is 0 Å². The lowest BCUT2D eigenvalue weighted by Crippen LogP contribution is -2.25. The molecule has 0 aromatic carbocycles. The van der Waals surface area contributed by atoms with Crippen LogP contribution in [0.2, 0.25) is 0 Å². The van der Waals surface area contributed by atoms with Crippen molar-refractivity contribution in [3.63, 3.8) is 0 Å². The SMILES string of the molecule is Cc1occc1CN(C)C(=O)c1sccc1Br. The molecule has 90 valence electrons. The topological polar surface area (TPSA) is 33.5 Å². The molecule has 0 radical (unpaired) electrons. The van der Waals surface area contributed by atoms with Crippen LogP contribution in [-0.4, -0.2) is 17.9 Å². The number of hydrogen-bond acceptors (Lipinski definition) is 3. The molecular weight excluding hydrogens is 302 g/mol. The first-order valence-electron chi connectivity index (χ1n) is 5.11. The van der Waals surface area contributed by atoms with Gasteiger partial charge >= 0.3 is 0 Å². The molecular formula is C12H12BrNO2S. The predicted octanol–water partition coefficient (Wildman–Crippen LogP) is 3.68. The monoisotopic (exact) mass is 313 g/mol. The van der Waals surface area contributed by atoms with Crippen LogP contribution in [0.1, 0.15) is 21.0 Å². The molecule has 0 bridgehead atoms. The fourth-order valence-corrected chi connectivity index (χ4v) is 3.06. The van der Waals surface area contributed by atoms with E-state index in [0.29, 0.717) is 6.54 Å². The fraction of sp³-hybridized carbons (Fsp3) is 0.250. The van der Waals surface area contributed by atoms with E-state index in [1.54, 1.807) is 18.2 Å². The third kappa shape index (κ3) is 2.61. The molecule has 17 heavy (non-hydrogen) atoms. The number of amides is 1. The normalized spacial score (nSPS) is 10.5. The van der Waals surface area contributed by atoms with Gasteiger partial charge in [0.05, 0.1) is 6.26 Å². The van der Waals surface area contributed by atoms with Crippen LogP contribution >= 0.6 is 27.3 Å². The Balaban J connectivity index is 2.11. The number of rotatable bonds is 3. The number of thiophene rings is 1. The van der Waals surface area contributed by atoms with Crippen LogP contribution in [0.4, 0.5) is 0 Å². The number of carbonyl (C=O) groups is 1. The Morgan fingerprint density at radius 3 is 2.82 bits per heavy atom. The van der Waals surface area contributed by atoms with Gasteiger partial charge in [0.25, 0.3) is 5.91 Å². The standard InChI is InChI=1S/C12H12BrNO2S/c1-8-9(3-5-16-8)7-14(2)12(15)11-10(13)4-6-17-11/h3-6H,7H2,1-2H3. The van der Waals surface area contributed by atoms with E-state index >= 15 is 0 Å². The second-order valence-electron chi connectivity index (χ2n) is 3.76. The van der Waals surface area contributed by atoms with Gasteiger partial charge in [-0.3, -0.25) is 4.79 Å². The van der Waals surface area contributed by atoms with Crippen molar-refractivity contribution in [2.45, 2.75) is 13.5 Å². The minimum Gasteiger partial charge on any atom is -0.469 e. The van der Waals surface area contributed by atoms with E-state index in [0.717, 1.165) is 20.7 Å². The molecule has 0 unspecified atom stereocenters. The number of halogens is 1. The summed E-state index contributed by atoms with van der Waals surface area (Å²) in [5.41, 5.74) is 1.04. The molecule has 1 amide bonds. The van der Waals surface area contributed by atoms with Crippen LogP contribution in [0.5, 0.6) is 0 Å². The molecule has 0 saturated heterocycles. The van der Waals surface area contributed by atoms with Crippen LogP contribution in [-0.2, 0) is 6.54 Å². The van der Waals surface area contributed by atoms with Crippen LogP contribution in [0, 0.1) is 6.92 Å². The van der Waals surface area contributed by atoms with Gasteiger partial charge in [0.2, 0.25) is 0 Å². The first-order valence-corrected chi connectivity index (χ1v) is 6.78. The first kappa shape index (κ1) is 12.4. The van der Waals surface area contributed by atoms with Gasteiger partial charge in [-0.2, -0.15) is 0 Å². The summed E-state index contributed by atoms with van der Waals surface area (Å²) in [5, 5.41) is 1.90. The number of carbonyl (C=O) groups excluding carboxylic acids is 1. The lowest BCUT2D eigenvalue weighted by atomic mass is 10.2. The average molecular weight is 314 g/mol. The third-order valence-electron chi connectivity index (χ3n) is 2.53.